The first-order valence-corrected chi connectivity index (χ1v) is 9.98. The molecule has 0 aliphatic heterocycles. The average Bonchev–Trinajstić information content (AvgIpc) is 2.36. The van der Waals surface area contributed by atoms with Crippen LogP contribution in [0.2, 0.25) is 10.0 Å². The summed E-state index contributed by atoms with van der Waals surface area (Å²) < 4.78 is 27.8. The summed E-state index contributed by atoms with van der Waals surface area (Å²) in [7, 11) is -3.80. The first-order chi connectivity index (χ1) is 9.72. The van der Waals surface area contributed by atoms with Gasteiger partial charge in [0.1, 0.15) is 4.90 Å². The molecule has 0 saturated heterocycles. The molecule has 1 rings (SSSR count). The molecular formula is C13H17BrCl3NO2S. The summed E-state index contributed by atoms with van der Waals surface area (Å²) in [5.41, 5.74) is 0. The van der Waals surface area contributed by atoms with Gasteiger partial charge in [-0.3, -0.25) is 0 Å². The van der Waals surface area contributed by atoms with E-state index in [1.54, 1.807) is 0 Å². The van der Waals surface area contributed by atoms with Gasteiger partial charge in [-0.2, -0.15) is 0 Å². The van der Waals surface area contributed by atoms with Crippen LogP contribution in [0.4, 0.5) is 0 Å². The second kappa shape index (κ2) is 8.37. The van der Waals surface area contributed by atoms with Crippen LogP contribution >= 0.6 is 50.7 Å². The zero-order valence-corrected chi connectivity index (χ0v) is 16.3. The number of halogens is 4. The number of nitrogens with one attached hydrogen (secondary N) is 1. The van der Waals surface area contributed by atoms with E-state index < -0.39 is 10.0 Å². The van der Waals surface area contributed by atoms with E-state index in [-0.39, 0.29) is 32.8 Å². The van der Waals surface area contributed by atoms with Gasteiger partial charge in [-0.25, -0.2) is 13.1 Å². The maximum absolute atomic E-state index is 12.3. The molecule has 0 radical (unpaired) electrons. The maximum atomic E-state index is 12.3. The van der Waals surface area contributed by atoms with Gasteiger partial charge in [0.25, 0.3) is 0 Å². The first kappa shape index (κ1) is 19.5. The van der Waals surface area contributed by atoms with Crippen LogP contribution in [-0.4, -0.2) is 20.3 Å². The molecule has 1 atom stereocenters. The lowest BCUT2D eigenvalue weighted by atomic mass is 9.99. The summed E-state index contributed by atoms with van der Waals surface area (Å²) >= 11 is 21.4. The van der Waals surface area contributed by atoms with Crippen LogP contribution in [0.25, 0.3) is 0 Å². The Balaban J connectivity index is 2.93. The van der Waals surface area contributed by atoms with Gasteiger partial charge in [0.2, 0.25) is 10.0 Å². The monoisotopic (exact) mass is 435 g/mol. The fourth-order valence-corrected chi connectivity index (χ4v) is 5.53. The topological polar surface area (TPSA) is 46.2 Å². The van der Waals surface area contributed by atoms with Crippen LogP contribution in [0.5, 0.6) is 0 Å². The van der Waals surface area contributed by atoms with Crippen LogP contribution in [0.15, 0.2) is 21.5 Å². The Hall–Kier alpha value is 0.480. The number of hydrogen-bond acceptors (Lipinski definition) is 2. The third kappa shape index (κ3) is 5.26. The van der Waals surface area contributed by atoms with Gasteiger partial charge in [0.05, 0.1) is 10.0 Å². The van der Waals surface area contributed by atoms with Crippen LogP contribution in [0, 0.1) is 5.92 Å². The first-order valence-electron chi connectivity index (χ1n) is 6.51. The molecule has 0 aliphatic rings. The van der Waals surface area contributed by atoms with Gasteiger partial charge in [0.15, 0.2) is 0 Å². The maximum Gasteiger partial charge on any atom is 0.243 e. The van der Waals surface area contributed by atoms with Crippen LogP contribution in [0.1, 0.15) is 26.7 Å². The van der Waals surface area contributed by atoms with E-state index >= 15 is 0 Å². The zero-order chi connectivity index (χ0) is 16.2. The lowest BCUT2D eigenvalue weighted by Gasteiger charge is -2.20. The van der Waals surface area contributed by atoms with Crippen molar-refractivity contribution in [3.8, 4) is 0 Å². The minimum Gasteiger partial charge on any atom is -0.210 e. The molecule has 120 valence electrons. The molecule has 0 fully saturated rings. The highest BCUT2D eigenvalue weighted by molar-refractivity contribution is 9.10. The Kier molecular flexibility index (Phi) is 7.78. The van der Waals surface area contributed by atoms with Crippen molar-refractivity contribution >= 4 is 60.8 Å². The summed E-state index contributed by atoms with van der Waals surface area (Å²) in [5, 5.41) is -0.145. The number of alkyl halides is 1. The van der Waals surface area contributed by atoms with Gasteiger partial charge in [0, 0.05) is 16.4 Å². The number of rotatable bonds is 7. The normalized spacial score (nSPS) is 13.7. The van der Waals surface area contributed by atoms with Crippen molar-refractivity contribution in [3.63, 3.8) is 0 Å². The Morgan fingerprint density at radius 3 is 2.10 bits per heavy atom. The van der Waals surface area contributed by atoms with Gasteiger partial charge in [-0.1, -0.05) is 65.8 Å². The third-order valence-electron chi connectivity index (χ3n) is 3.26. The fraction of sp³-hybridized carbons (Fsp3) is 0.538. The Morgan fingerprint density at radius 2 is 1.67 bits per heavy atom. The van der Waals surface area contributed by atoms with Crippen molar-refractivity contribution in [2.24, 2.45) is 5.92 Å². The summed E-state index contributed by atoms with van der Waals surface area (Å²) in [6, 6.07) is 2.97. The minimum atomic E-state index is -3.80. The predicted octanol–water partition coefficient (Wildman–Crippen LogP) is 5.08. The SMILES string of the molecule is CCC(CC)C(Cl)CNS(=O)(=O)c1c(Cl)cc(Br)cc1Cl. The number of hydrogen-bond donors (Lipinski definition) is 1. The summed E-state index contributed by atoms with van der Waals surface area (Å²) in [6.45, 7) is 4.19. The predicted molar refractivity (Wildman–Crippen MR) is 93.1 cm³/mol. The van der Waals surface area contributed by atoms with Crippen LogP contribution in [0.3, 0.4) is 0 Å². The molecule has 0 aliphatic carbocycles. The zero-order valence-electron chi connectivity index (χ0n) is 11.7. The summed E-state index contributed by atoms with van der Waals surface area (Å²) in [6.07, 6.45) is 1.79. The van der Waals surface area contributed by atoms with Crippen molar-refractivity contribution in [2.75, 3.05) is 6.54 Å². The molecule has 0 saturated carbocycles. The van der Waals surface area contributed by atoms with Crippen molar-refractivity contribution in [3.05, 3.63) is 26.7 Å². The third-order valence-corrected chi connectivity index (χ3v) is 6.57. The van der Waals surface area contributed by atoms with Gasteiger partial charge in [-0.15, -0.1) is 11.6 Å². The second-order valence-corrected chi connectivity index (χ2v) is 8.64. The van der Waals surface area contributed by atoms with Gasteiger partial charge in [-0.05, 0) is 18.1 Å². The number of benzene rings is 1. The standard InChI is InChI=1S/C13H17BrCl3NO2S/c1-3-8(4-2)12(17)7-18-21(19,20)13-10(15)5-9(14)6-11(13)16/h5-6,8,12,18H,3-4,7H2,1-2H3. The molecule has 8 heteroatoms. The van der Waals surface area contributed by atoms with E-state index in [2.05, 4.69) is 20.7 Å². The minimum absolute atomic E-state index is 0.0653. The van der Waals surface area contributed by atoms with Crippen LogP contribution in [-0.2, 0) is 10.0 Å². The van der Waals surface area contributed by atoms with Crippen molar-refractivity contribution in [1.82, 2.24) is 4.72 Å². The lowest BCUT2D eigenvalue weighted by Crippen LogP contribution is -2.33. The molecule has 1 N–H and O–H groups in total. The van der Waals surface area contributed by atoms with E-state index in [1.807, 2.05) is 13.8 Å². The van der Waals surface area contributed by atoms with Crippen molar-refractivity contribution < 1.29 is 8.42 Å². The molecule has 0 amide bonds. The van der Waals surface area contributed by atoms with Crippen LogP contribution < -0.4 is 4.72 Å². The molecule has 3 nitrogen and oxygen atoms in total. The molecule has 1 aromatic carbocycles. The molecule has 21 heavy (non-hydrogen) atoms. The van der Waals surface area contributed by atoms with E-state index in [1.165, 1.54) is 12.1 Å². The Morgan fingerprint density at radius 1 is 1.19 bits per heavy atom. The molecule has 0 bridgehead atoms. The van der Waals surface area contributed by atoms with E-state index in [0.29, 0.717) is 4.47 Å². The quantitative estimate of drug-likeness (QED) is 0.605. The second-order valence-electron chi connectivity index (χ2n) is 4.64. The number of sulfonamides is 1. The lowest BCUT2D eigenvalue weighted by molar-refractivity contribution is 0.460. The molecule has 0 heterocycles. The molecule has 1 aromatic rings. The van der Waals surface area contributed by atoms with Crippen molar-refractivity contribution in [1.29, 1.82) is 0 Å². The van der Waals surface area contributed by atoms with Crippen molar-refractivity contribution in [2.45, 2.75) is 37.0 Å². The highest BCUT2D eigenvalue weighted by Gasteiger charge is 2.24. The Labute approximate surface area is 149 Å². The molecule has 0 spiro atoms. The van der Waals surface area contributed by atoms with E-state index in [4.69, 9.17) is 34.8 Å². The largest absolute Gasteiger partial charge is 0.243 e. The molecule has 1 unspecified atom stereocenters. The van der Waals surface area contributed by atoms with Gasteiger partial charge >= 0.3 is 0 Å². The average molecular weight is 438 g/mol. The van der Waals surface area contributed by atoms with E-state index in [9.17, 15) is 8.42 Å². The highest BCUT2D eigenvalue weighted by Crippen LogP contribution is 2.32. The summed E-state index contributed by atoms with van der Waals surface area (Å²) in [4.78, 5) is -0.123. The van der Waals surface area contributed by atoms with E-state index in [0.717, 1.165) is 12.8 Å². The fourth-order valence-electron chi connectivity index (χ4n) is 2.01. The molecule has 0 aromatic heterocycles. The Bertz CT molecular complexity index is 568. The smallest absolute Gasteiger partial charge is 0.210 e. The summed E-state index contributed by atoms with van der Waals surface area (Å²) in [5.74, 6) is 0.255. The van der Waals surface area contributed by atoms with Gasteiger partial charge < -0.3 is 0 Å². The molecular weight excluding hydrogens is 420 g/mol. The highest BCUT2D eigenvalue weighted by atomic mass is 79.9.